The highest BCUT2D eigenvalue weighted by Crippen LogP contribution is 2.21. The van der Waals surface area contributed by atoms with Gasteiger partial charge in [-0.1, -0.05) is 0 Å². The monoisotopic (exact) mass is 261 g/mol. The molecule has 0 spiro atoms. The van der Waals surface area contributed by atoms with Crippen molar-refractivity contribution >= 4 is 5.82 Å². The van der Waals surface area contributed by atoms with Crippen LogP contribution in [-0.4, -0.2) is 37.3 Å². The highest BCUT2D eigenvalue weighted by molar-refractivity contribution is 5.42. The molecule has 0 aromatic carbocycles. The zero-order valence-corrected chi connectivity index (χ0v) is 11.7. The fourth-order valence-electron chi connectivity index (χ4n) is 2.51. The lowest BCUT2D eigenvalue weighted by Crippen LogP contribution is -2.27. The van der Waals surface area contributed by atoms with E-state index in [0.29, 0.717) is 0 Å². The molecule has 0 radical (unpaired) electrons. The number of aromatic nitrogens is 1. The maximum Gasteiger partial charge on any atom is 0.129 e. The zero-order chi connectivity index (χ0) is 13.1. The van der Waals surface area contributed by atoms with E-state index in [2.05, 4.69) is 34.3 Å². The molecule has 0 atom stereocenters. The van der Waals surface area contributed by atoms with Gasteiger partial charge in [-0.3, -0.25) is 0 Å². The van der Waals surface area contributed by atoms with E-state index in [1.165, 1.54) is 18.4 Å². The summed E-state index contributed by atoms with van der Waals surface area (Å²) >= 11 is 0. The van der Waals surface area contributed by atoms with Gasteiger partial charge < -0.3 is 15.0 Å². The molecule has 1 N–H and O–H groups in total. The summed E-state index contributed by atoms with van der Waals surface area (Å²) in [5.74, 6) is 1.11. The fraction of sp³-hybridized carbons (Fsp3) is 0.667. The third-order valence-corrected chi connectivity index (χ3v) is 3.72. The normalized spacial score (nSPS) is 20.4. The van der Waals surface area contributed by atoms with Gasteiger partial charge in [-0.25, -0.2) is 4.98 Å². The summed E-state index contributed by atoms with van der Waals surface area (Å²) in [5.41, 5.74) is 2.45. The van der Waals surface area contributed by atoms with Gasteiger partial charge in [0.25, 0.3) is 0 Å². The molecule has 3 rings (SSSR count). The quantitative estimate of drug-likeness (QED) is 0.898. The lowest BCUT2D eigenvalue weighted by Gasteiger charge is -2.22. The van der Waals surface area contributed by atoms with Gasteiger partial charge in [0, 0.05) is 38.0 Å². The Morgan fingerprint density at radius 1 is 1.32 bits per heavy atom. The van der Waals surface area contributed by atoms with Crippen molar-refractivity contribution < 1.29 is 4.74 Å². The van der Waals surface area contributed by atoms with Crippen LogP contribution in [0.5, 0.6) is 0 Å². The SMILES string of the molecule is Cc1cc(CNC2CC2)cc(N2CCCOCC2)n1. The highest BCUT2D eigenvalue weighted by atomic mass is 16.5. The maximum absolute atomic E-state index is 5.51. The fourth-order valence-corrected chi connectivity index (χ4v) is 2.51. The first-order chi connectivity index (χ1) is 9.31. The summed E-state index contributed by atoms with van der Waals surface area (Å²) < 4.78 is 5.51. The Morgan fingerprint density at radius 3 is 3.05 bits per heavy atom. The number of ether oxygens (including phenoxy) is 1. The van der Waals surface area contributed by atoms with Gasteiger partial charge in [-0.05, 0) is 43.9 Å². The van der Waals surface area contributed by atoms with Crippen LogP contribution in [0.25, 0.3) is 0 Å². The molecule has 4 nitrogen and oxygen atoms in total. The largest absolute Gasteiger partial charge is 0.380 e. The first-order valence-electron chi connectivity index (χ1n) is 7.35. The smallest absolute Gasteiger partial charge is 0.129 e. The number of hydrogen-bond donors (Lipinski definition) is 1. The van der Waals surface area contributed by atoms with Gasteiger partial charge >= 0.3 is 0 Å². The van der Waals surface area contributed by atoms with Crippen LogP contribution in [0.3, 0.4) is 0 Å². The molecule has 0 amide bonds. The minimum absolute atomic E-state index is 0.753. The lowest BCUT2D eigenvalue weighted by atomic mass is 10.2. The Labute approximate surface area is 115 Å². The second-order valence-corrected chi connectivity index (χ2v) is 5.58. The third kappa shape index (κ3) is 3.67. The van der Waals surface area contributed by atoms with E-state index in [1.54, 1.807) is 0 Å². The van der Waals surface area contributed by atoms with E-state index in [1.807, 2.05) is 0 Å². The molecule has 2 fully saturated rings. The van der Waals surface area contributed by atoms with Crippen LogP contribution in [-0.2, 0) is 11.3 Å². The van der Waals surface area contributed by atoms with Crippen molar-refractivity contribution in [1.82, 2.24) is 10.3 Å². The Bertz CT molecular complexity index is 423. The summed E-state index contributed by atoms with van der Waals surface area (Å²) in [4.78, 5) is 7.03. The number of nitrogens with one attached hydrogen (secondary N) is 1. The summed E-state index contributed by atoms with van der Waals surface area (Å²) in [6.07, 6.45) is 3.76. The molecular formula is C15H23N3O. The maximum atomic E-state index is 5.51. The molecule has 2 heterocycles. The van der Waals surface area contributed by atoms with Crippen molar-refractivity contribution in [2.45, 2.75) is 38.8 Å². The number of rotatable bonds is 4. The molecule has 1 aliphatic heterocycles. The molecule has 1 aromatic heterocycles. The van der Waals surface area contributed by atoms with Crippen LogP contribution in [0.2, 0.25) is 0 Å². The van der Waals surface area contributed by atoms with E-state index < -0.39 is 0 Å². The van der Waals surface area contributed by atoms with E-state index in [0.717, 1.165) is 56.8 Å². The molecular weight excluding hydrogens is 238 g/mol. The lowest BCUT2D eigenvalue weighted by molar-refractivity contribution is 0.152. The second-order valence-electron chi connectivity index (χ2n) is 5.58. The van der Waals surface area contributed by atoms with Crippen molar-refractivity contribution in [1.29, 1.82) is 0 Å². The third-order valence-electron chi connectivity index (χ3n) is 3.72. The zero-order valence-electron chi connectivity index (χ0n) is 11.7. The van der Waals surface area contributed by atoms with Crippen LogP contribution in [0.15, 0.2) is 12.1 Å². The average molecular weight is 261 g/mol. The molecule has 1 aliphatic carbocycles. The van der Waals surface area contributed by atoms with Gasteiger partial charge in [-0.2, -0.15) is 0 Å². The predicted molar refractivity (Wildman–Crippen MR) is 76.5 cm³/mol. The Hall–Kier alpha value is -1.13. The molecule has 4 heteroatoms. The molecule has 0 unspecified atom stereocenters. The highest BCUT2D eigenvalue weighted by Gasteiger charge is 2.20. The molecule has 2 aliphatic rings. The van der Waals surface area contributed by atoms with Gasteiger partial charge in [0.2, 0.25) is 0 Å². The van der Waals surface area contributed by atoms with Gasteiger partial charge in [0.15, 0.2) is 0 Å². The van der Waals surface area contributed by atoms with Gasteiger partial charge in [0.05, 0.1) is 6.61 Å². The molecule has 1 saturated carbocycles. The van der Waals surface area contributed by atoms with Crippen LogP contribution < -0.4 is 10.2 Å². The molecule has 19 heavy (non-hydrogen) atoms. The number of anilines is 1. The second kappa shape index (κ2) is 5.88. The number of hydrogen-bond acceptors (Lipinski definition) is 4. The Morgan fingerprint density at radius 2 is 2.21 bits per heavy atom. The summed E-state index contributed by atoms with van der Waals surface area (Å²) in [7, 11) is 0. The minimum atomic E-state index is 0.753. The topological polar surface area (TPSA) is 37.4 Å². The number of aryl methyl sites for hydroxylation is 1. The van der Waals surface area contributed by atoms with Crippen molar-refractivity contribution in [3.8, 4) is 0 Å². The number of pyridine rings is 1. The van der Waals surface area contributed by atoms with E-state index in [4.69, 9.17) is 4.74 Å². The molecule has 1 aromatic rings. The van der Waals surface area contributed by atoms with Crippen molar-refractivity contribution in [2.75, 3.05) is 31.2 Å². The Balaban J connectivity index is 1.71. The molecule has 104 valence electrons. The van der Waals surface area contributed by atoms with E-state index >= 15 is 0 Å². The average Bonchev–Trinajstić information content (AvgIpc) is 3.23. The van der Waals surface area contributed by atoms with Gasteiger partial charge in [0.1, 0.15) is 5.82 Å². The van der Waals surface area contributed by atoms with Crippen LogP contribution in [0, 0.1) is 6.92 Å². The first-order valence-corrected chi connectivity index (χ1v) is 7.35. The summed E-state index contributed by atoms with van der Waals surface area (Å²) in [5, 5.41) is 3.57. The standard InChI is InChI=1S/C15H23N3O/c1-12-9-13(11-16-14-3-4-14)10-15(17-12)18-5-2-7-19-8-6-18/h9-10,14,16H,2-8,11H2,1H3. The molecule has 1 saturated heterocycles. The first kappa shape index (κ1) is 12.9. The van der Waals surface area contributed by atoms with E-state index in [-0.39, 0.29) is 0 Å². The van der Waals surface area contributed by atoms with Crippen molar-refractivity contribution in [2.24, 2.45) is 0 Å². The van der Waals surface area contributed by atoms with Crippen LogP contribution in [0.1, 0.15) is 30.5 Å². The van der Waals surface area contributed by atoms with E-state index in [9.17, 15) is 0 Å². The number of nitrogens with zero attached hydrogens (tertiary/aromatic N) is 2. The minimum Gasteiger partial charge on any atom is -0.380 e. The molecule has 0 bridgehead atoms. The van der Waals surface area contributed by atoms with Gasteiger partial charge in [-0.15, -0.1) is 0 Å². The predicted octanol–water partition coefficient (Wildman–Crippen LogP) is 1.87. The summed E-state index contributed by atoms with van der Waals surface area (Å²) in [6, 6.07) is 5.17. The summed E-state index contributed by atoms with van der Waals surface area (Å²) in [6.45, 7) is 6.73. The van der Waals surface area contributed by atoms with Crippen molar-refractivity contribution in [3.05, 3.63) is 23.4 Å². The van der Waals surface area contributed by atoms with Crippen molar-refractivity contribution in [3.63, 3.8) is 0 Å². The van der Waals surface area contributed by atoms with Crippen LogP contribution in [0.4, 0.5) is 5.82 Å². The Kier molecular flexibility index (Phi) is 3.99. The van der Waals surface area contributed by atoms with Crippen LogP contribution >= 0.6 is 0 Å².